The van der Waals surface area contributed by atoms with E-state index in [0.717, 1.165) is 69.0 Å². The highest BCUT2D eigenvalue weighted by Gasteiger charge is 2.64. The molecule has 0 bridgehead atoms. The molecule has 5 fully saturated rings. The summed E-state index contributed by atoms with van der Waals surface area (Å²) >= 11 is 0. The van der Waals surface area contributed by atoms with Crippen LogP contribution in [0.3, 0.4) is 0 Å². The lowest BCUT2D eigenvalue weighted by molar-refractivity contribution is -0.132. The molecule has 11 atom stereocenters. The number of ketones is 1. The highest BCUT2D eigenvalue weighted by Crippen LogP contribution is 2.65. The third-order valence-electron chi connectivity index (χ3n) is 13.6. The Morgan fingerprint density at radius 1 is 1.02 bits per heavy atom. The van der Waals surface area contributed by atoms with Crippen molar-refractivity contribution in [2.45, 2.75) is 116 Å². The van der Waals surface area contributed by atoms with Crippen molar-refractivity contribution >= 4 is 17.8 Å². The fourth-order valence-corrected chi connectivity index (χ4v) is 11.1. The Morgan fingerprint density at radius 2 is 1.81 bits per heavy atom. The molecule has 6 aliphatic rings. The van der Waals surface area contributed by atoms with Crippen molar-refractivity contribution in [3.8, 4) is 0 Å². The summed E-state index contributed by atoms with van der Waals surface area (Å²) in [6.45, 7) is 11.0. The number of amides is 2. The van der Waals surface area contributed by atoms with E-state index in [1.54, 1.807) is 0 Å². The van der Waals surface area contributed by atoms with E-state index in [0.29, 0.717) is 67.3 Å². The Bertz CT molecular complexity index is 1400. The zero-order chi connectivity index (χ0) is 32.9. The van der Waals surface area contributed by atoms with Crippen molar-refractivity contribution in [2.24, 2.45) is 40.9 Å². The number of rotatable bonds is 7. The Balaban J connectivity index is 0.932. The summed E-state index contributed by atoms with van der Waals surface area (Å²) in [7, 11) is 0. The maximum absolute atomic E-state index is 14.6. The van der Waals surface area contributed by atoms with Gasteiger partial charge in [0, 0.05) is 43.0 Å². The van der Waals surface area contributed by atoms with Gasteiger partial charge in [-0.3, -0.25) is 9.59 Å². The van der Waals surface area contributed by atoms with Crippen LogP contribution in [0.4, 0.5) is 4.79 Å². The molecule has 3 saturated carbocycles. The molecule has 2 aliphatic heterocycles. The van der Waals surface area contributed by atoms with Crippen LogP contribution in [-0.2, 0) is 25.5 Å². The van der Waals surface area contributed by atoms with Crippen molar-refractivity contribution in [3.05, 3.63) is 47.0 Å². The third-order valence-corrected chi connectivity index (χ3v) is 13.6. The van der Waals surface area contributed by atoms with Gasteiger partial charge in [0.15, 0.2) is 5.78 Å². The molecular formula is C39H55N3O5. The van der Waals surface area contributed by atoms with Crippen LogP contribution >= 0.6 is 0 Å². The molecule has 4 aliphatic carbocycles. The number of aryl methyl sites for hydroxylation is 1. The quantitative estimate of drug-likeness (QED) is 0.327. The molecule has 2 saturated heterocycles. The molecule has 8 heteroatoms. The van der Waals surface area contributed by atoms with E-state index in [1.165, 1.54) is 5.57 Å². The minimum Gasteiger partial charge on any atom is -0.446 e. The number of ether oxygens (including phenoxy) is 2. The van der Waals surface area contributed by atoms with Gasteiger partial charge in [-0.25, -0.2) is 4.79 Å². The number of carbonyl (C=O) groups is 3. The molecule has 256 valence electrons. The normalized spacial score (nSPS) is 40.7. The van der Waals surface area contributed by atoms with Crippen LogP contribution in [-0.4, -0.2) is 61.3 Å². The smallest absolute Gasteiger partial charge is 0.407 e. The molecule has 2 amide bonds. The summed E-state index contributed by atoms with van der Waals surface area (Å²) in [6, 6.07) is 10.3. The van der Waals surface area contributed by atoms with Crippen LogP contribution in [0.15, 0.2) is 41.5 Å². The first kappa shape index (κ1) is 32.8. The number of nitrogens with one attached hydrogen (secondary N) is 3. The molecule has 1 aromatic carbocycles. The average Bonchev–Trinajstić information content (AvgIpc) is 3.51. The summed E-state index contributed by atoms with van der Waals surface area (Å²) < 4.78 is 12.9. The number of hydrogen-bond acceptors (Lipinski definition) is 6. The van der Waals surface area contributed by atoms with E-state index in [9.17, 15) is 14.4 Å². The van der Waals surface area contributed by atoms with Gasteiger partial charge in [-0.05, 0) is 111 Å². The van der Waals surface area contributed by atoms with Gasteiger partial charge in [0.05, 0.1) is 11.7 Å². The molecule has 1 spiro atoms. The third kappa shape index (κ3) is 5.85. The maximum atomic E-state index is 14.6. The number of carbonyl (C=O) groups excluding carboxylic acids is 3. The summed E-state index contributed by atoms with van der Waals surface area (Å²) in [5.41, 5.74) is 3.12. The van der Waals surface area contributed by atoms with Crippen molar-refractivity contribution < 1.29 is 23.9 Å². The van der Waals surface area contributed by atoms with Crippen molar-refractivity contribution in [1.82, 2.24) is 16.0 Å². The molecule has 47 heavy (non-hydrogen) atoms. The van der Waals surface area contributed by atoms with Gasteiger partial charge in [0.25, 0.3) is 0 Å². The predicted molar refractivity (Wildman–Crippen MR) is 180 cm³/mol. The number of benzene rings is 1. The molecule has 1 aromatic rings. The lowest BCUT2D eigenvalue weighted by atomic mass is 9.52. The molecule has 3 N–H and O–H groups in total. The van der Waals surface area contributed by atoms with E-state index < -0.39 is 6.09 Å². The summed E-state index contributed by atoms with van der Waals surface area (Å²) in [6.07, 6.45) is 8.64. The van der Waals surface area contributed by atoms with Gasteiger partial charge in [-0.2, -0.15) is 0 Å². The monoisotopic (exact) mass is 645 g/mol. The zero-order valence-electron chi connectivity index (χ0n) is 28.8. The van der Waals surface area contributed by atoms with E-state index in [1.807, 2.05) is 30.3 Å². The largest absolute Gasteiger partial charge is 0.446 e. The van der Waals surface area contributed by atoms with E-state index in [-0.39, 0.29) is 35.0 Å². The molecule has 7 rings (SSSR count). The molecular weight excluding hydrogens is 590 g/mol. The minimum atomic E-state index is -0.421. The fraction of sp³-hybridized carbons (Fsp3) is 0.718. The Hall–Kier alpha value is -2.71. The van der Waals surface area contributed by atoms with Crippen LogP contribution in [0.25, 0.3) is 0 Å². The number of piperidine rings is 1. The first-order valence-corrected chi connectivity index (χ1v) is 18.5. The number of fused-ring (bicyclic) bond motifs is 6. The second-order valence-corrected chi connectivity index (χ2v) is 16.1. The fourth-order valence-electron chi connectivity index (χ4n) is 11.1. The second kappa shape index (κ2) is 13.0. The van der Waals surface area contributed by atoms with Crippen LogP contribution in [0, 0.1) is 40.9 Å². The van der Waals surface area contributed by atoms with Crippen molar-refractivity contribution in [2.75, 3.05) is 19.6 Å². The van der Waals surface area contributed by atoms with Gasteiger partial charge < -0.3 is 25.4 Å². The zero-order valence-corrected chi connectivity index (χ0v) is 28.8. The molecule has 8 nitrogen and oxygen atoms in total. The average molecular weight is 646 g/mol. The Morgan fingerprint density at radius 3 is 2.62 bits per heavy atom. The summed E-state index contributed by atoms with van der Waals surface area (Å²) in [4.78, 5) is 39.5. The van der Waals surface area contributed by atoms with E-state index >= 15 is 0 Å². The Kier molecular flexibility index (Phi) is 9.05. The molecule has 2 heterocycles. The maximum Gasteiger partial charge on any atom is 0.407 e. The van der Waals surface area contributed by atoms with Gasteiger partial charge in [0.2, 0.25) is 5.91 Å². The lowest BCUT2D eigenvalue weighted by Crippen LogP contribution is -2.50. The van der Waals surface area contributed by atoms with Gasteiger partial charge >= 0.3 is 6.09 Å². The van der Waals surface area contributed by atoms with Gasteiger partial charge in [0.1, 0.15) is 6.10 Å². The highest BCUT2D eigenvalue weighted by molar-refractivity contribution is 6.02. The lowest BCUT2D eigenvalue weighted by Gasteiger charge is -2.53. The molecule has 11 unspecified atom stereocenters. The van der Waals surface area contributed by atoms with Gasteiger partial charge in [-0.15, -0.1) is 0 Å². The van der Waals surface area contributed by atoms with Crippen molar-refractivity contribution in [3.63, 3.8) is 0 Å². The standard InChI is InChI=1S/C39H55N3O5/c1-23-20-31-35(42-22-23)25(3)39(47-31)17-15-29-30-12-11-27-21-28(14-16-38(27,4)34(30)36(44)33(29)24(39)2)46-37(45)41-19-18-40-32(43)13-10-26-8-6-5-7-9-26/h5-9,23,25,27-31,34-35,42H,10-22H2,1-4H3,(H,40,43)(H,41,45). The number of Topliss-reactive ketones (excluding diaryl/α,β-unsaturated/α-hetero) is 1. The SMILES string of the molecule is CC1=C2C(=O)C3C(CCC4CC(OC(=O)NCCNC(=O)CCc5ccccc5)CCC43C)C2CCC12OC1CC(C)CNC1C2C. The van der Waals surface area contributed by atoms with Crippen LogP contribution in [0.5, 0.6) is 0 Å². The molecule has 0 aromatic heterocycles. The number of alkyl carbamates (subject to hydrolysis) is 1. The first-order valence-electron chi connectivity index (χ1n) is 18.5. The number of hydrogen-bond donors (Lipinski definition) is 3. The predicted octanol–water partition coefficient (Wildman–Crippen LogP) is 5.74. The minimum absolute atomic E-state index is 0.0245. The summed E-state index contributed by atoms with van der Waals surface area (Å²) in [5.74, 6) is 2.57. The van der Waals surface area contributed by atoms with E-state index in [4.69, 9.17) is 9.47 Å². The van der Waals surface area contributed by atoms with Gasteiger partial charge in [-0.1, -0.05) is 51.1 Å². The summed E-state index contributed by atoms with van der Waals surface area (Å²) in [5, 5.41) is 9.49. The van der Waals surface area contributed by atoms with Crippen LogP contribution in [0.2, 0.25) is 0 Å². The number of allylic oxidation sites excluding steroid dienone is 1. The van der Waals surface area contributed by atoms with Crippen LogP contribution in [0.1, 0.15) is 91.0 Å². The van der Waals surface area contributed by atoms with E-state index in [2.05, 4.69) is 43.6 Å². The first-order chi connectivity index (χ1) is 22.6. The van der Waals surface area contributed by atoms with Crippen LogP contribution < -0.4 is 16.0 Å². The van der Waals surface area contributed by atoms with Crippen molar-refractivity contribution in [1.29, 1.82) is 0 Å². The molecule has 0 radical (unpaired) electrons. The topological polar surface area (TPSA) is 106 Å². The Labute approximate surface area is 280 Å². The second-order valence-electron chi connectivity index (χ2n) is 16.1. The highest BCUT2D eigenvalue weighted by atomic mass is 16.6.